The topological polar surface area (TPSA) is 69.4 Å². The van der Waals surface area contributed by atoms with Gasteiger partial charge in [0, 0.05) is 4.47 Å². The van der Waals surface area contributed by atoms with E-state index in [0.29, 0.717) is 10.8 Å². The molecule has 0 aliphatic carbocycles. The standard InChI is InChI=1S/C13H7BrFNO4/c14-9-2-1-8(7-17)13(5-9)20-12-4-3-10(15)6-11(12)16(18)19/h1-7H. The maximum atomic E-state index is 13.0. The van der Waals surface area contributed by atoms with Gasteiger partial charge in [-0.2, -0.15) is 0 Å². The number of hydrogen-bond acceptors (Lipinski definition) is 4. The van der Waals surface area contributed by atoms with Crippen LogP contribution in [0.15, 0.2) is 40.9 Å². The third-order valence-corrected chi connectivity index (χ3v) is 2.93. The molecular formula is C13H7BrFNO4. The van der Waals surface area contributed by atoms with Gasteiger partial charge in [0.1, 0.15) is 11.6 Å². The molecular weight excluding hydrogens is 333 g/mol. The van der Waals surface area contributed by atoms with Crippen LogP contribution in [-0.2, 0) is 0 Å². The molecule has 2 rings (SSSR count). The molecule has 0 aromatic heterocycles. The summed E-state index contributed by atoms with van der Waals surface area (Å²) in [4.78, 5) is 21.0. The number of nitrogens with zero attached hydrogens (tertiary/aromatic N) is 1. The van der Waals surface area contributed by atoms with Crippen LogP contribution in [0.1, 0.15) is 10.4 Å². The molecule has 0 aliphatic rings. The van der Waals surface area contributed by atoms with E-state index in [1.54, 1.807) is 6.07 Å². The van der Waals surface area contributed by atoms with Crippen LogP contribution in [0.2, 0.25) is 0 Å². The van der Waals surface area contributed by atoms with Crippen LogP contribution in [0, 0.1) is 15.9 Å². The number of ether oxygens (including phenoxy) is 1. The van der Waals surface area contributed by atoms with Gasteiger partial charge in [0.15, 0.2) is 6.29 Å². The number of nitro benzene ring substituents is 1. The summed E-state index contributed by atoms with van der Waals surface area (Å²) in [6.45, 7) is 0. The lowest BCUT2D eigenvalue weighted by Gasteiger charge is -2.08. The Bertz CT molecular complexity index is 690. The van der Waals surface area contributed by atoms with Crippen molar-refractivity contribution in [2.75, 3.05) is 0 Å². The molecule has 0 saturated heterocycles. The van der Waals surface area contributed by atoms with Crippen molar-refractivity contribution in [3.63, 3.8) is 0 Å². The van der Waals surface area contributed by atoms with Gasteiger partial charge in [-0.25, -0.2) is 4.39 Å². The first kappa shape index (κ1) is 14.1. The molecule has 0 radical (unpaired) electrons. The fourth-order valence-corrected chi connectivity index (χ4v) is 1.87. The quantitative estimate of drug-likeness (QED) is 0.477. The highest BCUT2D eigenvalue weighted by Gasteiger charge is 2.18. The summed E-state index contributed by atoms with van der Waals surface area (Å²) in [5, 5.41) is 10.9. The average Bonchev–Trinajstić information content (AvgIpc) is 2.41. The number of hydrogen-bond donors (Lipinski definition) is 0. The monoisotopic (exact) mass is 339 g/mol. The van der Waals surface area contributed by atoms with E-state index in [4.69, 9.17) is 4.74 Å². The summed E-state index contributed by atoms with van der Waals surface area (Å²) < 4.78 is 19.0. The van der Waals surface area contributed by atoms with Crippen molar-refractivity contribution in [1.29, 1.82) is 0 Å². The number of benzene rings is 2. The van der Waals surface area contributed by atoms with Crippen LogP contribution >= 0.6 is 15.9 Å². The van der Waals surface area contributed by atoms with Gasteiger partial charge in [0.2, 0.25) is 5.75 Å². The number of carbonyl (C=O) groups is 1. The molecule has 0 heterocycles. The summed E-state index contributed by atoms with van der Waals surface area (Å²) in [5.74, 6) is -0.740. The van der Waals surface area contributed by atoms with Crippen LogP contribution in [0.3, 0.4) is 0 Å². The van der Waals surface area contributed by atoms with E-state index in [1.807, 2.05) is 0 Å². The maximum absolute atomic E-state index is 13.0. The van der Waals surface area contributed by atoms with E-state index in [0.717, 1.165) is 18.2 Å². The SMILES string of the molecule is O=Cc1ccc(Br)cc1Oc1ccc(F)cc1[N+](=O)[O-]. The van der Waals surface area contributed by atoms with Crippen LogP contribution in [0.4, 0.5) is 10.1 Å². The molecule has 2 aromatic carbocycles. The zero-order valence-electron chi connectivity index (χ0n) is 9.88. The van der Waals surface area contributed by atoms with E-state index >= 15 is 0 Å². The Hall–Kier alpha value is -2.28. The molecule has 0 amide bonds. The van der Waals surface area contributed by atoms with Crippen LogP contribution < -0.4 is 4.74 Å². The second kappa shape index (κ2) is 5.79. The Balaban J connectivity index is 2.47. The van der Waals surface area contributed by atoms with Gasteiger partial charge in [-0.1, -0.05) is 15.9 Å². The average molecular weight is 340 g/mol. The predicted molar refractivity (Wildman–Crippen MR) is 72.7 cm³/mol. The van der Waals surface area contributed by atoms with Crippen molar-refractivity contribution in [2.45, 2.75) is 0 Å². The zero-order chi connectivity index (χ0) is 14.7. The Labute approximate surface area is 121 Å². The predicted octanol–water partition coefficient (Wildman–Crippen LogP) is 4.10. The molecule has 7 heteroatoms. The first-order valence-electron chi connectivity index (χ1n) is 5.38. The van der Waals surface area contributed by atoms with E-state index < -0.39 is 16.4 Å². The highest BCUT2D eigenvalue weighted by Crippen LogP contribution is 2.34. The highest BCUT2D eigenvalue weighted by atomic mass is 79.9. The van der Waals surface area contributed by atoms with Crippen molar-refractivity contribution < 1.29 is 18.8 Å². The summed E-state index contributed by atoms with van der Waals surface area (Å²) in [6.07, 6.45) is 0.567. The maximum Gasteiger partial charge on any atom is 0.314 e. The largest absolute Gasteiger partial charge is 0.449 e. The molecule has 0 unspecified atom stereocenters. The number of aldehydes is 1. The second-order valence-corrected chi connectivity index (χ2v) is 4.69. The van der Waals surface area contributed by atoms with Gasteiger partial charge in [-0.15, -0.1) is 0 Å². The summed E-state index contributed by atoms with van der Waals surface area (Å²) in [6, 6.07) is 7.58. The molecule has 0 fully saturated rings. The van der Waals surface area contributed by atoms with Crippen molar-refractivity contribution in [2.24, 2.45) is 0 Å². The van der Waals surface area contributed by atoms with Crippen LogP contribution in [-0.4, -0.2) is 11.2 Å². The molecule has 5 nitrogen and oxygen atoms in total. The Morgan fingerprint density at radius 3 is 2.60 bits per heavy atom. The third-order valence-electron chi connectivity index (χ3n) is 2.44. The minimum Gasteiger partial charge on any atom is -0.449 e. The number of carbonyl (C=O) groups excluding carboxylic acids is 1. The Morgan fingerprint density at radius 1 is 1.20 bits per heavy atom. The number of rotatable bonds is 4. The van der Waals surface area contributed by atoms with E-state index in [-0.39, 0.29) is 17.1 Å². The highest BCUT2D eigenvalue weighted by molar-refractivity contribution is 9.10. The normalized spacial score (nSPS) is 10.1. The molecule has 2 aromatic rings. The molecule has 0 aliphatic heterocycles. The van der Waals surface area contributed by atoms with Gasteiger partial charge in [0.05, 0.1) is 16.6 Å². The number of nitro groups is 1. The van der Waals surface area contributed by atoms with Crippen molar-refractivity contribution in [1.82, 2.24) is 0 Å². The Kier molecular flexibility index (Phi) is 4.09. The van der Waals surface area contributed by atoms with Gasteiger partial charge in [-0.3, -0.25) is 14.9 Å². The molecule has 0 atom stereocenters. The van der Waals surface area contributed by atoms with Gasteiger partial charge >= 0.3 is 5.69 Å². The molecule has 0 saturated carbocycles. The molecule has 0 N–H and O–H groups in total. The lowest BCUT2D eigenvalue weighted by atomic mass is 10.2. The second-order valence-electron chi connectivity index (χ2n) is 3.77. The van der Waals surface area contributed by atoms with E-state index in [9.17, 15) is 19.3 Å². The van der Waals surface area contributed by atoms with E-state index in [1.165, 1.54) is 12.1 Å². The first-order chi connectivity index (χ1) is 9.51. The van der Waals surface area contributed by atoms with Gasteiger partial charge in [0.25, 0.3) is 0 Å². The molecule has 0 spiro atoms. The van der Waals surface area contributed by atoms with Crippen molar-refractivity contribution in [3.05, 3.63) is 62.4 Å². The van der Waals surface area contributed by atoms with Crippen molar-refractivity contribution in [3.8, 4) is 11.5 Å². The summed E-state index contributed by atoms with van der Waals surface area (Å²) in [7, 11) is 0. The fraction of sp³-hybridized carbons (Fsp3) is 0. The molecule has 0 bridgehead atoms. The lowest BCUT2D eigenvalue weighted by Crippen LogP contribution is -1.96. The molecule has 102 valence electrons. The first-order valence-corrected chi connectivity index (χ1v) is 6.17. The van der Waals surface area contributed by atoms with E-state index in [2.05, 4.69) is 15.9 Å². The smallest absolute Gasteiger partial charge is 0.314 e. The molecule has 20 heavy (non-hydrogen) atoms. The fourth-order valence-electron chi connectivity index (χ4n) is 1.53. The van der Waals surface area contributed by atoms with Crippen molar-refractivity contribution >= 4 is 27.9 Å². The van der Waals surface area contributed by atoms with Gasteiger partial charge < -0.3 is 4.74 Å². The summed E-state index contributed by atoms with van der Waals surface area (Å²) >= 11 is 3.21. The van der Waals surface area contributed by atoms with Gasteiger partial charge in [-0.05, 0) is 30.3 Å². The minimum absolute atomic E-state index is 0.141. The summed E-state index contributed by atoms with van der Waals surface area (Å²) in [5.41, 5.74) is -0.284. The Morgan fingerprint density at radius 2 is 1.95 bits per heavy atom. The zero-order valence-corrected chi connectivity index (χ0v) is 11.5. The van der Waals surface area contributed by atoms with Crippen LogP contribution in [0.5, 0.6) is 11.5 Å². The third kappa shape index (κ3) is 3.00. The minimum atomic E-state index is -0.753. The number of halogens is 2. The van der Waals surface area contributed by atoms with Crippen LogP contribution in [0.25, 0.3) is 0 Å². The lowest BCUT2D eigenvalue weighted by molar-refractivity contribution is -0.385.